The van der Waals surface area contributed by atoms with Crippen LogP contribution in [0.4, 0.5) is 5.88 Å². The summed E-state index contributed by atoms with van der Waals surface area (Å²) in [6.07, 6.45) is 0. The van der Waals surface area contributed by atoms with Crippen LogP contribution in [0.5, 0.6) is 0 Å². The second-order valence-corrected chi connectivity index (χ2v) is 5.85. The fraction of sp³-hybridized carbons (Fsp3) is 0. The van der Waals surface area contributed by atoms with E-state index < -0.39 is 0 Å². The quantitative estimate of drug-likeness (QED) is 0.543. The number of nitrogen functional groups attached to an aromatic ring is 1. The Morgan fingerprint density at radius 1 is 0.909 bits per heavy atom. The van der Waals surface area contributed by atoms with E-state index in [1.807, 2.05) is 30.3 Å². The minimum atomic E-state index is -0.266. The number of nitrogens with two attached hydrogens (primary N) is 1. The van der Waals surface area contributed by atoms with Gasteiger partial charge in [0.1, 0.15) is 5.58 Å². The summed E-state index contributed by atoms with van der Waals surface area (Å²) < 4.78 is 12.3. The van der Waals surface area contributed by atoms with Crippen LogP contribution < -0.4 is 11.2 Å². The molecular weight excluding hydrogens is 346 g/mol. The minimum absolute atomic E-state index is 0.0892. The summed E-state index contributed by atoms with van der Waals surface area (Å²) in [4.78, 5) is 12.8. The monoisotopic (exact) mass is 355 g/mol. The molecule has 4 nitrogen and oxygen atoms in total. The number of fused-ring (bicyclic) bond motifs is 3. The molecule has 22 heavy (non-hydrogen) atoms. The van der Waals surface area contributed by atoms with E-state index in [2.05, 4.69) is 15.9 Å². The molecule has 2 aromatic heterocycles. The zero-order valence-electron chi connectivity index (χ0n) is 11.3. The van der Waals surface area contributed by atoms with Crippen molar-refractivity contribution >= 4 is 43.9 Å². The zero-order chi connectivity index (χ0) is 15.3. The first-order valence-corrected chi connectivity index (χ1v) is 7.44. The standard InChI is InChI=1S/C17H10BrNO3/c18-10-7-5-9(6-8-10)13-14(20)16-15(22-17(13)19)11-3-1-2-4-12(11)21-16/h1-8H,19H2. The highest BCUT2D eigenvalue weighted by molar-refractivity contribution is 9.10. The SMILES string of the molecule is Nc1oc2c(oc3ccccc32)c(=O)c1-c1ccc(Br)cc1. The number of furan rings is 1. The van der Waals surface area contributed by atoms with E-state index in [-0.39, 0.29) is 16.9 Å². The van der Waals surface area contributed by atoms with Crippen LogP contribution in [0.3, 0.4) is 0 Å². The van der Waals surface area contributed by atoms with Crippen molar-refractivity contribution in [3.05, 3.63) is 63.2 Å². The molecule has 0 radical (unpaired) electrons. The predicted octanol–water partition coefficient (Wildman–Crippen LogP) is 4.55. The molecule has 0 atom stereocenters. The molecule has 0 spiro atoms. The van der Waals surface area contributed by atoms with E-state index in [1.165, 1.54) is 0 Å². The average Bonchev–Trinajstić information content (AvgIpc) is 2.88. The molecule has 0 saturated carbocycles. The lowest BCUT2D eigenvalue weighted by Gasteiger charge is -2.04. The smallest absolute Gasteiger partial charge is 0.238 e. The van der Waals surface area contributed by atoms with Gasteiger partial charge in [-0.25, -0.2) is 0 Å². The van der Waals surface area contributed by atoms with Crippen LogP contribution in [0.25, 0.3) is 33.3 Å². The number of hydrogen-bond donors (Lipinski definition) is 1. The van der Waals surface area contributed by atoms with Crippen LogP contribution in [0, 0.1) is 0 Å². The maximum Gasteiger partial charge on any atom is 0.238 e. The number of anilines is 1. The molecule has 108 valence electrons. The summed E-state index contributed by atoms with van der Waals surface area (Å²) >= 11 is 3.37. The second-order valence-electron chi connectivity index (χ2n) is 4.93. The topological polar surface area (TPSA) is 69.4 Å². The van der Waals surface area contributed by atoms with Gasteiger partial charge in [0.25, 0.3) is 0 Å². The Labute approximate surface area is 133 Å². The summed E-state index contributed by atoms with van der Waals surface area (Å²) in [6, 6.07) is 14.6. The molecule has 0 saturated heterocycles. The van der Waals surface area contributed by atoms with Crippen LogP contribution in [0.2, 0.25) is 0 Å². The number of benzene rings is 2. The van der Waals surface area contributed by atoms with Gasteiger partial charge in [0.2, 0.25) is 16.9 Å². The first-order valence-electron chi connectivity index (χ1n) is 6.65. The Morgan fingerprint density at radius 3 is 2.41 bits per heavy atom. The van der Waals surface area contributed by atoms with Gasteiger partial charge in [0, 0.05) is 4.47 Å². The van der Waals surface area contributed by atoms with E-state index in [0.29, 0.717) is 22.3 Å². The van der Waals surface area contributed by atoms with Gasteiger partial charge in [-0.05, 0) is 29.8 Å². The molecule has 5 heteroatoms. The molecule has 0 aliphatic rings. The van der Waals surface area contributed by atoms with Gasteiger partial charge in [0.15, 0.2) is 5.58 Å². The van der Waals surface area contributed by atoms with Crippen molar-refractivity contribution in [3.63, 3.8) is 0 Å². The molecule has 2 aromatic carbocycles. The van der Waals surface area contributed by atoms with E-state index in [1.54, 1.807) is 18.2 Å². The fourth-order valence-electron chi connectivity index (χ4n) is 2.55. The van der Waals surface area contributed by atoms with Crippen molar-refractivity contribution in [1.82, 2.24) is 0 Å². The summed E-state index contributed by atoms with van der Waals surface area (Å²) in [5.74, 6) is 0.0892. The maximum absolute atomic E-state index is 12.8. The lowest BCUT2D eigenvalue weighted by molar-refractivity contribution is 0.608. The largest absolute Gasteiger partial charge is 0.448 e. The number of rotatable bonds is 1. The Kier molecular flexibility index (Phi) is 2.84. The normalized spacial score (nSPS) is 11.3. The molecule has 4 aromatic rings. The van der Waals surface area contributed by atoms with Crippen LogP contribution in [-0.2, 0) is 0 Å². The maximum atomic E-state index is 12.8. The number of para-hydroxylation sites is 1. The Bertz CT molecular complexity index is 1060. The van der Waals surface area contributed by atoms with Crippen molar-refractivity contribution in [2.45, 2.75) is 0 Å². The van der Waals surface area contributed by atoms with Crippen molar-refractivity contribution in [3.8, 4) is 11.1 Å². The highest BCUT2D eigenvalue weighted by atomic mass is 79.9. The lowest BCUT2D eigenvalue weighted by atomic mass is 10.1. The van der Waals surface area contributed by atoms with Gasteiger partial charge in [0.05, 0.1) is 10.9 Å². The zero-order valence-corrected chi connectivity index (χ0v) is 12.9. The van der Waals surface area contributed by atoms with Crippen LogP contribution in [0.1, 0.15) is 0 Å². The van der Waals surface area contributed by atoms with Crippen LogP contribution >= 0.6 is 15.9 Å². The summed E-state index contributed by atoms with van der Waals surface area (Å²) in [6.45, 7) is 0. The van der Waals surface area contributed by atoms with Crippen LogP contribution in [0.15, 0.2) is 66.6 Å². The molecule has 0 fully saturated rings. The summed E-state index contributed by atoms with van der Waals surface area (Å²) in [5.41, 5.74) is 7.91. The molecular formula is C17H10BrNO3. The molecule has 0 bridgehead atoms. The molecule has 0 amide bonds. The first kappa shape index (κ1) is 13.2. The highest BCUT2D eigenvalue weighted by Crippen LogP contribution is 2.32. The Morgan fingerprint density at radius 2 is 1.64 bits per heavy atom. The van der Waals surface area contributed by atoms with Crippen LogP contribution in [-0.4, -0.2) is 0 Å². The van der Waals surface area contributed by atoms with Crippen molar-refractivity contribution in [2.75, 3.05) is 5.73 Å². The van der Waals surface area contributed by atoms with Gasteiger partial charge in [-0.1, -0.05) is 40.2 Å². The molecule has 2 heterocycles. The Hall–Kier alpha value is -2.53. The number of halogens is 1. The third kappa shape index (κ3) is 1.86. The van der Waals surface area contributed by atoms with Gasteiger partial charge in [-0.15, -0.1) is 0 Å². The minimum Gasteiger partial charge on any atom is -0.448 e. The molecule has 0 aliphatic carbocycles. The highest BCUT2D eigenvalue weighted by Gasteiger charge is 2.19. The molecule has 4 rings (SSSR count). The lowest BCUT2D eigenvalue weighted by Crippen LogP contribution is -2.07. The second kappa shape index (κ2) is 4.74. The van der Waals surface area contributed by atoms with Crippen molar-refractivity contribution < 1.29 is 8.83 Å². The van der Waals surface area contributed by atoms with E-state index in [9.17, 15) is 4.79 Å². The van der Waals surface area contributed by atoms with E-state index >= 15 is 0 Å². The summed E-state index contributed by atoms with van der Waals surface area (Å²) in [5, 5.41) is 0.739. The third-order valence-electron chi connectivity index (χ3n) is 3.57. The average molecular weight is 356 g/mol. The van der Waals surface area contributed by atoms with Gasteiger partial charge in [-0.3, -0.25) is 4.79 Å². The van der Waals surface area contributed by atoms with Crippen molar-refractivity contribution in [1.29, 1.82) is 0 Å². The molecule has 0 aliphatic heterocycles. The number of hydrogen-bond acceptors (Lipinski definition) is 4. The summed E-state index contributed by atoms with van der Waals surface area (Å²) in [7, 11) is 0. The predicted molar refractivity (Wildman–Crippen MR) is 89.8 cm³/mol. The van der Waals surface area contributed by atoms with Crippen molar-refractivity contribution in [2.24, 2.45) is 0 Å². The van der Waals surface area contributed by atoms with Gasteiger partial charge in [-0.2, -0.15) is 0 Å². The fourth-order valence-corrected chi connectivity index (χ4v) is 2.81. The first-order chi connectivity index (χ1) is 10.6. The third-order valence-corrected chi connectivity index (χ3v) is 4.10. The van der Waals surface area contributed by atoms with Gasteiger partial charge < -0.3 is 14.6 Å². The Balaban J connectivity index is 2.10. The van der Waals surface area contributed by atoms with E-state index in [0.717, 1.165) is 9.86 Å². The van der Waals surface area contributed by atoms with E-state index in [4.69, 9.17) is 14.6 Å². The van der Waals surface area contributed by atoms with Gasteiger partial charge >= 0.3 is 0 Å². The molecule has 0 unspecified atom stereocenters. The molecule has 2 N–H and O–H groups in total.